The molecule has 0 amide bonds. The number of aromatic nitrogens is 4. The summed E-state index contributed by atoms with van der Waals surface area (Å²) >= 11 is 4.93. The number of rotatable bonds is 7. The van der Waals surface area contributed by atoms with E-state index in [0.717, 1.165) is 51.2 Å². The molecule has 0 radical (unpaired) electrons. The normalized spacial score (nSPS) is 18.5. The molecular weight excluding hydrogens is 463 g/mol. The van der Waals surface area contributed by atoms with E-state index in [9.17, 15) is 4.39 Å². The first kappa shape index (κ1) is 22.1. The molecule has 0 fully saturated rings. The molecular formula is C23H25FN4OS3. The summed E-state index contributed by atoms with van der Waals surface area (Å²) in [6.07, 6.45) is 2.85. The van der Waals surface area contributed by atoms with Crippen LogP contribution in [0.2, 0.25) is 0 Å². The number of hydrogen-bond donors (Lipinski definition) is 0. The minimum atomic E-state index is -0.194. The predicted molar refractivity (Wildman–Crippen MR) is 130 cm³/mol. The highest BCUT2D eigenvalue weighted by atomic mass is 32.2. The van der Waals surface area contributed by atoms with Crippen molar-refractivity contribution in [2.75, 3.05) is 5.75 Å². The monoisotopic (exact) mass is 488 g/mol. The Kier molecular flexibility index (Phi) is 6.17. The summed E-state index contributed by atoms with van der Waals surface area (Å²) in [6, 6.07) is 6.88. The molecule has 1 aliphatic rings. The minimum Gasteiger partial charge on any atom is -0.369 e. The fraction of sp³-hybridized carbons (Fsp3) is 0.435. The Morgan fingerprint density at radius 3 is 2.81 bits per heavy atom. The van der Waals surface area contributed by atoms with Crippen molar-refractivity contribution in [3.8, 4) is 0 Å². The number of benzene rings is 1. The zero-order valence-electron chi connectivity index (χ0n) is 18.4. The highest BCUT2D eigenvalue weighted by Crippen LogP contribution is 2.42. The molecule has 3 aromatic heterocycles. The number of thiophene rings is 1. The molecule has 1 atom stereocenters. The Hall–Kier alpha value is -1.68. The maximum atomic E-state index is 14.2. The van der Waals surface area contributed by atoms with Gasteiger partial charge >= 0.3 is 0 Å². The molecule has 0 aliphatic carbocycles. The van der Waals surface area contributed by atoms with E-state index in [-0.39, 0.29) is 11.4 Å². The first-order valence-electron chi connectivity index (χ1n) is 10.9. The SMILES string of the molecule is CCCSc1nc2sc3c(c2c2nnc(SCc4ccccc4F)n12)CC(C)(CC)OC3. The Balaban J connectivity index is 1.62. The lowest BCUT2D eigenvalue weighted by Gasteiger charge is -2.33. The quantitative estimate of drug-likeness (QED) is 0.218. The number of nitrogens with zero attached hydrogens (tertiary/aromatic N) is 4. The van der Waals surface area contributed by atoms with Crippen molar-refractivity contribution in [2.24, 2.45) is 0 Å². The molecule has 168 valence electrons. The third-order valence-corrected chi connectivity index (χ3v) is 9.14. The molecule has 5 rings (SSSR count). The van der Waals surface area contributed by atoms with Crippen LogP contribution in [0.1, 0.15) is 49.6 Å². The van der Waals surface area contributed by atoms with Crippen LogP contribution in [-0.4, -0.2) is 30.9 Å². The molecule has 0 bridgehead atoms. The van der Waals surface area contributed by atoms with Gasteiger partial charge in [0.2, 0.25) is 0 Å². The van der Waals surface area contributed by atoms with Gasteiger partial charge in [0.05, 0.1) is 17.6 Å². The number of thioether (sulfide) groups is 2. The van der Waals surface area contributed by atoms with Gasteiger partial charge in [0, 0.05) is 22.8 Å². The Bertz CT molecular complexity index is 1290. The van der Waals surface area contributed by atoms with E-state index in [2.05, 4.69) is 35.4 Å². The van der Waals surface area contributed by atoms with Crippen LogP contribution in [0.3, 0.4) is 0 Å². The predicted octanol–water partition coefficient (Wildman–Crippen LogP) is 6.51. The summed E-state index contributed by atoms with van der Waals surface area (Å²) in [4.78, 5) is 7.29. The second-order valence-electron chi connectivity index (χ2n) is 8.22. The van der Waals surface area contributed by atoms with E-state index >= 15 is 0 Å². The zero-order valence-corrected chi connectivity index (χ0v) is 20.8. The molecule has 0 saturated carbocycles. The number of ether oxygens (including phenoxy) is 1. The Morgan fingerprint density at radius 1 is 1.19 bits per heavy atom. The van der Waals surface area contributed by atoms with E-state index in [0.29, 0.717) is 17.9 Å². The van der Waals surface area contributed by atoms with Crippen molar-refractivity contribution in [2.45, 2.75) is 68.3 Å². The van der Waals surface area contributed by atoms with E-state index in [4.69, 9.17) is 9.72 Å². The summed E-state index contributed by atoms with van der Waals surface area (Å²) in [5.74, 6) is 1.26. The van der Waals surface area contributed by atoms with E-state index in [1.807, 2.05) is 12.1 Å². The van der Waals surface area contributed by atoms with Crippen LogP contribution in [0.4, 0.5) is 4.39 Å². The Labute approximate surface area is 199 Å². The van der Waals surface area contributed by atoms with Crippen molar-refractivity contribution in [3.05, 3.63) is 46.1 Å². The molecule has 0 spiro atoms. The van der Waals surface area contributed by atoms with Crippen molar-refractivity contribution >= 4 is 50.7 Å². The van der Waals surface area contributed by atoms with Crippen molar-refractivity contribution < 1.29 is 9.13 Å². The molecule has 4 aromatic rings. The lowest BCUT2D eigenvalue weighted by Crippen LogP contribution is -2.33. The van der Waals surface area contributed by atoms with E-state index < -0.39 is 0 Å². The fourth-order valence-corrected chi connectivity index (χ4v) is 6.86. The van der Waals surface area contributed by atoms with Gasteiger partial charge in [0.1, 0.15) is 10.6 Å². The first-order chi connectivity index (χ1) is 15.5. The molecule has 0 saturated heterocycles. The maximum absolute atomic E-state index is 14.2. The topological polar surface area (TPSA) is 52.3 Å². The van der Waals surface area contributed by atoms with Gasteiger partial charge in [-0.1, -0.05) is 55.6 Å². The summed E-state index contributed by atoms with van der Waals surface area (Å²) < 4.78 is 22.4. The van der Waals surface area contributed by atoms with Gasteiger partial charge < -0.3 is 4.74 Å². The summed E-state index contributed by atoms with van der Waals surface area (Å²) in [5, 5.41) is 11.9. The summed E-state index contributed by atoms with van der Waals surface area (Å²) in [5.41, 5.74) is 2.64. The standard InChI is InChI=1S/C23H25FN4OS3/c1-4-10-30-21-25-20-18(15-11-23(3,5-2)29-12-17(15)32-20)19-26-27-22(28(19)21)31-13-14-8-6-7-9-16(14)24/h6-9H,4-5,10-13H2,1-3H3. The second-order valence-corrected chi connectivity index (χ2v) is 11.3. The van der Waals surface area contributed by atoms with E-state index in [1.54, 1.807) is 29.2 Å². The highest BCUT2D eigenvalue weighted by Gasteiger charge is 2.33. The maximum Gasteiger partial charge on any atom is 0.198 e. The first-order valence-corrected chi connectivity index (χ1v) is 13.6. The molecule has 0 N–H and O–H groups in total. The van der Waals surface area contributed by atoms with Crippen molar-refractivity contribution in [1.82, 2.24) is 19.6 Å². The van der Waals surface area contributed by atoms with Gasteiger partial charge in [0.25, 0.3) is 0 Å². The van der Waals surface area contributed by atoms with Crippen LogP contribution in [0, 0.1) is 5.82 Å². The average Bonchev–Trinajstić information content (AvgIpc) is 3.37. The molecule has 9 heteroatoms. The lowest BCUT2D eigenvalue weighted by molar-refractivity contribution is -0.0542. The van der Waals surface area contributed by atoms with Crippen molar-refractivity contribution in [1.29, 1.82) is 0 Å². The van der Waals surface area contributed by atoms with Crippen LogP contribution in [0.15, 0.2) is 34.6 Å². The van der Waals surface area contributed by atoms with Gasteiger partial charge in [-0.05, 0) is 37.0 Å². The molecule has 4 heterocycles. The molecule has 32 heavy (non-hydrogen) atoms. The van der Waals surface area contributed by atoms with Crippen LogP contribution in [-0.2, 0) is 23.5 Å². The summed E-state index contributed by atoms with van der Waals surface area (Å²) in [7, 11) is 0. The molecule has 1 aliphatic heterocycles. The van der Waals surface area contributed by atoms with Crippen molar-refractivity contribution in [3.63, 3.8) is 0 Å². The zero-order chi connectivity index (χ0) is 22.3. The van der Waals surface area contributed by atoms with Crippen LogP contribution < -0.4 is 0 Å². The number of fused-ring (bicyclic) bond motifs is 5. The van der Waals surface area contributed by atoms with Gasteiger partial charge in [-0.2, -0.15) is 0 Å². The second kappa shape index (κ2) is 8.93. The van der Waals surface area contributed by atoms with Gasteiger partial charge in [-0.3, -0.25) is 0 Å². The Morgan fingerprint density at radius 2 is 2.03 bits per heavy atom. The highest BCUT2D eigenvalue weighted by molar-refractivity contribution is 7.99. The lowest BCUT2D eigenvalue weighted by atomic mass is 9.90. The number of halogens is 1. The van der Waals surface area contributed by atoms with E-state index in [1.165, 1.54) is 28.3 Å². The minimum absolute atomic E-state index is 0.171. The molecule has 1 aromatic carbocycles. The molecule has 5 nitrogen and oxygen atoms in total. The van der Waals surface area contributed by atoms with Crippen LogP contribution in [0.5, 0.6) is 0 Å². The smallest absolute Gasteiger partial charge is 0.198 e. The van der Waals surface area contributed by atoms with Gasteiger partial charge in [-0.15, -0.1) is 21.5 Å². The number of hydrogen-bond acceptors (Lipinski definition) is 7. The third-order valence-electron chi connectivity index (χ3n) is 5.92. The third kappa shape index (κ3) is 3.93. The molecule has 1 unspecified atom stereocenters. The van der Waals surface area contributed by atoms with Gasteiger partial charge in [-0.25, -0.2) is 13.8 Å². The van der Waals surface area contributed by atoms with Crippen LogP contribution in [0.25, 0.3) is 15.9 Å². The largest absolute Gasteiger partial charge is 0.369 e. The van der Waals surface area contributed by atoms with Gasteiger partial charge in [0.15, 0.2) is 16.0 Å². The summed E-state index contributed by atoms with van der Waals surface area (Å²) in [6.45, 7) is 7.12. The van der Waals surface area contributed by atoms with Crippen LogP contribution >= 0.6 is 34.9 Å². The average molecular weight is 489 g/mol. The fourth-order valence-electron chi connectivity index (χ4n) is 3.89.